The van der Waals surface area contributed by atoms with Gasteiger partial charge in [0.15, 0.2) is 0 Å². The van der Waals surface area contributed by atoms with Gasteiger partial charge in [-0.3, -0.25) is 0 Å². The van der Waals surface area contributed by atoms with Crippen LogP contribution in [0.3, 0.4) is 0 Å². The first-order valence-electron chi connectivity index (χ1n) is 15.3. The van der Waals surface area contributed by atoms with Crippen molar-refractivity contribution in [3.8, 4) is 0 Å². The second-order valence-corrected chi connectivity index (χ2v) is 12.7. The van der Waals surface area contributed by atoms with E-state index in [0.29, 0.717) is 79.1 Å². The van der Waals surface area contributed by atoms with Crippen LogP contribution in [-0.2, 0) is 37.9 Å². The van der Waals surface area contributed by atoms with Gasteiger partial charge in [-0.05, 0) is 45.4 Å². The molecule has 0 fully saturated rings. The van der Waals surface area contributed by atoms with E-state index < -0.39 is 18.2 Å². The monoisotopic (exact) mass is 618 g/mol. The van der Waals surface area contributed by atoms with Crippen molar-refractivity contribution >= 4 is 0 Å². The van der Waals surface area contributed by atoms with E-state index in [1.807, 2.05) is 13.8 Å². The van der Waals surface area contributed by atoms with Crippen LogP contribution < -0.4 is 0 Å². The van der Waals surface area contributed by atoms with E-state index in [4.69, 9.17) is 37.9 Å². The fourth-order valence-corrected chi connectivity index (χ4v) is 4.16. The Balaban J connectivity index is 4.06. The minimum Gasteiger partial charge on any atom is -0.385 e. The van der Waals surface area contributed by atoms with Crippen LogP contribution in [0.15, 0.2) is 0 Å². The molecule has 0 aromatic rings. The van der Waals surface area contributed by atoms with E-state index in [9.17, 15) is 13.2 Å². The lowest BCUT2D eigenvalue weighted by atomic mass is 9.89. The van der Waals surface area contributed by atoms with E-state index in [-0.39, 0.29) is 17.4 Å². The van der Waals surface area contributed by atoms with Gasteiger partial charge in [-0.25, -0.2) is 0 Å². The van der Waals surface area contributed by atoms with Crippen LogP contribution >= 0.6 is 0 Å². The highest BCUT2D eigenvalue weighted by atomic mass is 19.4. The zero-order valence-corrected chi connectivity index (χ0v) is 27.5. The molecular weight excluding hydrogens is 557 g/mol. The van der Waals surface area contributed by atoms with Gasteiger partial charge in [0.05, 0.1) is 46.2 Å². The Hall–Kier alpha value is -0.530. The normalized spacial score (nSPS) is 15.6. The maximum atomic E-state index is 12.4. The number of alkyl halides is 3. The zero-order valence-electron chi connectivity index (χ0n) is 27.5. The molecule has 8 nitrogen and oxygen atoms in total. The fourth-order valence-electron chi connectivity index (χ4n) is 4.16. The third-order valence-electron chi connectivity index (χ3n) is 6.56. The summed E-state index contributed by atoms with van der Waals surface area (Å²) >= 11 is 0. The predicted molar refractivity (Wildman–Crippen MR) is 158 cm³/mol. The van der Waals surface area contributed by atoms with Crippen molar-refractivity contribution in [3.63, 3.8) is 0 Å². The first kappa shape index (κ1) is 41.5. The third-order valence-corrected chi connectivity index (χ3v) is 6.56. The predicted octanol–water partition coefficient (Wildman–Crippen LogP) is 6.34. The fraction of sp³-hybridized carbons (Fsp3) is 1.00. The second kappa shape index (κ2) is 23.8. The molecule has 0 heterocycles. The molecule has 11 heteroatoms. The highest BCUT2D eigenvalue weighted by molar-refractivity contribution is 4.76. The Labute approximate surface area is 253 Å². The van der Waals surface area contributed by atoms with E-state index in [1.165, 1.54) is 7.11 Å². The Morgan fingerprint density at radius 1 is 0.452 bits per heavy atom. The molecule has 0 aliphatic rings. The van der Waals surface area contributed by atoms with Gasteiger partial charge in [0.1, 0.15) is 6.61 Å². The molecule has 0 bridgehead atoms. The molecule has 2 atom stereocenters. The number of methoxy groups -OCH3 is 2. The number of rotatable bonds is 30. The Kier molecular flexibility index (Phi) is 23.5. The molecule has 254 valence electrons. The molecule has 2 unspecified atom stereocenters. The van der Waals surface area contributed by atoms with Crippen molar-refractivity contribution < 1.29 is 51.1 Å². The van der Waals surface area contributed by atoms with Crippen LogP contribution in [0.2, 0.25) is 0 Å². The lowest BCUT2D eigenvalue weighted by Gasteiger charge is -2.31. The molecular formula is C31H61F3O8. The number of halogens is 3. The van der Waals surface area contributed by atoms with Crippen molar-refractivity contribution in [2.75, 3.05) is 107 Å². The number of hydrogen-bond donors (Lipinski definition) is 0. The van der Waals surface area contributed by atoms with Gasteiger partial charge in [-0.1, -0.05) is 27.7 Å². The first-order valence-corrected chi connectivity index (χ1v) is 15.3. The molecule has 0 aliphatic carbocycles. The maximum absolute atomic E-state index is 12.4. The molecule has 0 aromatic carbocycles. The Morgan fingerprint density at radius 3 is 1.57 bits per heavy atom. The van der Waals surface area contributed by atoms with Gasteiger partial charge in [0.2, 0.25) is 0 Å². The largest absolute Gasteiger partial charge is 0.411 e. The molecule has 0 spiro atoms. The quantitative estimate of drug-likeness (QED) is 0.0864. The van der Waals surface area contributed by atoms with Gasteiger partial charge in [-0.2, -0.15) is 13.2 Å². The molecule has 0 amide bonds. The third kappa shape index (κ3) is 24.9. The van der Waals surface area contributed by atoms with E-state index in [1.54, 1.807) is 7.11 Å². The maximum Gasteiger partial charge on any atom is 0.411 e. The van der Waals surface area contributed by atoms with Crippen molar-refractivity contribution in [1.82, 2.24) is 0 Å². The summed E-state index contributed by atoms with van der Waals surface area (Å²) in [7, 11) is 3.24. The highest BCUT2D eigenvalue weighted by Gasteiger charge is 2.31. The molecule has 0 saturated carbocycles. The van der Waals surface area contributed by atoms with Crippen LogP contribution in [0.5, 0.6) is 0 Å². The SMILES string of the molecule is CCOCC(C)(COCCCCOC)COCC(C)(C)COCCCCCOCCC(C)(COC)COCC(F)(F)F. The molecule has 0 saturated heterocycles. The van der Waals surface area contributed by atoms with Gasteiger partial charge in [-0.15, -0.1) is 0 Å². The Morgan fingerprint density at radius 2 is 0.952 bits per heavy atom. The lowest BCUT2D eigenvalue weighted by Crippen LogP contribution is -2.36. The first-order chi connectivity index (χ1) is 19.8. The summed E-state index contributed by atoms with van der Waals surface area (Å²) in [5.74, 6) is 0. The number of ether oxygens (including phenoxy) is 8. The smallest absolute Gasteiger partial charge is 0.385 e. The van der Waals surface area contributed by atoms with Crippen LogP contribution in [0.4, 0.5) is 13.2 Å². The second-order valence-electron chi connectivity index (χ2n) is 12.7. The van der Waals surface area contributed by atoms with Crippen LogP contribution in [0.1, 0.15) is 73.1 Å². The van der Waals surface area contributed by atoms with E-state index in [0.717, 1.165) is 38.7 Å². The molecule has 0 aliphatic heterocycles. The van der Waals surface area contributed by atoms with Crippen molar-refractivity contribution in [2.45, 2.75) is 79.3 Å². The van der Waals surface area contributed by atoms with Crippen LogP contribution in [-0.4, -0.2) is 113 Å². The molecule has 0 rings (SSSR count). The van der Waals surface area contributed by atoms with E-state index in [2.05, 4.69) is 20.8 Å². The van der Waals surface area contributed by atoms with Gasteiger partial charge < -0.3 is 37.9 Å². The Bertz CT molecular complexity index is 623. The van der Waals surface area contributed by atoms with Crippen molar-refractivity contribution in [2.24, 2.45) is 16.2 Å². The van der Waals surface area contributed by atoms with Crippen molar-refractivity contribution in [3.05, 3.63) is 0 Å². The average Bonchev–Trinajstić information content (AvgIpc) is 2.90. The van der Waals surface area contributed by atoms with Gasteiger partial charge in [0.25, 0.3) is 0 Å². The molecule has 42 heavy (non-hydrogen) atoms. The molecule has 0 N–H and O–H groups in total. The zero-order chi connectivity index (χ0) is 31.8. The summed E-state index contributed by atoms with van der Waals surface area (Å²) < 4.78 is 81.6. The molecule has 0 radical (unpaired) electrons. The minimum absolute atomic E-state index is 0.0286. The summed E-state index contributed by atoms with van der Waals surface area (Å²) in [4.78, 5) is 0. The lowest BCUT2D eigenvalue weighted by molar-refractivity contribution is -0.183. The number of hydrogen-bond acceptors (Lipinski definition) is 8. The number of unbranched alkanes of at least 4 members (excludes halogenated alkanes) is 3. The highest BCUT2D eigenvalue weighted by Crippen LogP contribution is 2.25. The van der Waals surface area contributed by atoms with Gasteiger partial charge >= 0.3 is 6.18 Å². The summed E-state index contributed by atoms with van der Waals surface area (Å²) in [5.41, 5.74) is -0.848. The minimum atomic E-state index is -4.33. The standard InChI is InChI=1S/C31H61F3O8/c1-8-37-24-30(5,25-40-18-13-12-15-35-6)26-41-21-28(2,3)20-39-17-11-9-10-16-38-19-14-29(4,22-36-7)23-42-27-31(32,33)34/h8-27H2,1-7H3. The molecule has 0 aromatic heterocycles. The van der Waals surface area contributed by atoms with Crippen molar-refractivity contribution in [1.29, 1.82) is 0 Å². The topological polar surface area (TPSA) is 73.8 Å². The summed E-state index contributed by atoms with van der Waals surface area (Å²) in [6.07, 6.45) is 0.992. The van der Waals surface area contributed by atoms with Crippen LogP contribution in [0.25, 0.3) is 0 Å². The summed E-state index contributed by atoms with van der Waals surface area (Å²) in [6, 6.07) is 0. The summed E-state index contributed by atoms with van der Waals surface area (Å²) in [5, 5.41) is 0. The van der Waals surface area contributed by atoms with Gasteiger partial charge in [0, 0.05) is 70.1 Å². The van der Waals surface area contributed by atoms with Crippen LogP contribution in [0, 0.1) is 16.2 Å². The average molecular weight is 619 g/mol. The van der Waals surface area contributed by atoms with E-state index >= 15 is 0 Å². The summed E-state index contributed by atoms with van der Waals surface area (Å²) in [6.45, 7) is 16.0.